The number of carbonyl (C=O) groups excluding carboxylic acids is 1. The second-order valence-electron chi connectivity index (χ2n) is 7.33. The summed E-state index contributed by atoms with van der Waals surface area (Å²) in [5.41, 5.74) is 3.65. The van der Waals surface area contributed by atoms with Gasteiger partial charge in [-0.15, -0.1) is 0 Å². The fraction of sp³-hybridized carbons (Fsp3) is 0.435. The Balaban J connectivity index is 1.66. The number of hydrogen-bond donors (Lipinski definition) is 2. The van der Waals surface area contributed by atoms with Gasteiger partial charge >= 0.3 is 0 Å². The molecule has 3 rings (SSSR count). The van der Waals surface area contributed by atoms with Gasteiger partial charge in [0.15, 0.2) is 0 Å². The fourth-order valence-electron chi connectivity index (χ4n) is 3.50. The lowest BCUT2D eigenvalue weighted by Crippen LogP contribution is -2.52. The summed E-state index contributed by atoms with van der Waals surface area (Å²) in [4.78, 5) is 12.9. The number of carbonyl (C=O) groups is 1. The average molecular weight is 448 g/mol. The van der Waals surface area contributed by atoms with Gasteiger partial charge in [-0.25, -0.2) is 5.48 Å². The van der Waals surface area contributed by atoms with Gasteiger partial charge in [-0.2, -0.15) is 0 Å². The maximum atomic E-state index is 13.2. The van der Waals surface area contributed by atoms with Gasteiger partial charge in [0.2, 0.25) is 0 Å². The molecule has 31 heavy (non-hydrogen) atoms. The van der Waals surface area contributed by atoms with E-state index in [0.29, 0.717) is 44.2 Å². The van der Waals surface area contributed by atoms with Crippen LogP contribution in [0.2, 0.25) is 0 Å². The van der Waals surface area contributed by atoms with Crippen LogP contribution >= 0.6 is 0 Å². The van der Waals surface area contributed by atoms with E-state index in [0.717, 1.165) is 29.9 Å². The lowest BCUT2D eigenvalue weighted by Gasteiger charge is -2.33. The van der Waals surface area contributed by atoms with Gasteiger partial charge in [-0.1, -0.05) is 31.2 Å². The van der Waals surface area contributed by atoms with E-state index in [9.17, 15) is 9.00 Å². The van der Waals surface area contributed by atoms with E-state index in [-0.39, 0.29) is 0 Å². The fourth-order valence-corrected chi connectivity index (χ4v) is 5.09. The van der Waals surface area contributed by atoms with Gasteiger partial charge in [-0.05, 0) is 54.7 Å². The smallest absolute Gasteiger partial charge is 0.262 e. The molecule has 0 radical (unpaired) electrons. The minimum Gasteiger partial charge on any atom is -0.491 e. The van der Waals surface area contributed by atoms with E-state index < -0.39 is 21.5 Å². The molecular weight excluding hydrogens is 418 g/mol. The first-order valence-electron chi connectivity index (χ1n) is 10.5. The molecule has 2 aromatic carbocycles. The minimum atomic E-state index is -1.62. The highest BCUT2D eigenvalue weighted by Gasteiger charge is 2.46. The molecule has 0 saturated carbocycles. The van der Waals surface area contributed by atoms with Gasteiger partial charge in [0, 0.05) is 24.7 Å². The molecule has 0 aromatic heterocycles. The summed E-state index contributed by atoms with van der Waals surface area (Å²) < 4.78 is 28.4. The average Bonchev–Trinajstić information content (AvgIpc) is 2.84. The summed E-state index contributed by atoms with van der Waals surface area (Å²) in [5.74, 6) is 0.145. The molecule has 0 spiro atoms. The van der Waals surface area contributed by atoms with Crippen molar-refractivity contribution in [3.8, 4) is 16.9 Å². The number of amides is 1. The number of rotatable bonds is 10. The predicted molar refractivity (Wildman–Crippen MR) is 118 cm³/mol. The summed E-state index contributed by atoms with van der Waals surface area (Å²) in [6, 6.07) is 15.0. The van der Waals surface area contributed by atoms with Gasteiger partial charge < -0.3 is 14.2 Å². The Labute approximate surface area is 185 Å². The Morgan fingerprint density at radius 3 is 2.23 bits per heavy atom. The highest BCUT2D eigenvalue weighted by atomic mass is 32.2. The molecule has 1 heterocycles. The Morgan fingerprint density at radius 2 is 1.65 bits per heavy atom. The molecule has 1 aliphatic heterocycles. The molecule has 2 N–H and O–H groups in total. The Bertz CT molecular complexity index is 863. The van der Waals surface area contributed by atoms with Crippen molar-refractivity contribution in [2.75, 3.05) is 33.0 Å². The van der Waals surface area contributed by atoms with E-state index in [2.05, 4.69) is 6.92 Å². The van der Waals surface area contributed by atoms with Crippen LogP contribution in [0.1, 0.15) is 26.2 Å². The Kier molecular flexibility index (Phi) is 8.60. The Hall–Kier alpha value is -2.26. The van der Waals surface area contributed by atoms with Crippen molar-refractivity contribution in [2.24, 2.45) is 0 Å². The van der Waals surface area contributed by atoms with E-state index in [4.69, 9.17) is 19.4 Å². The molecule has 1 amide bonds. The van der Waals surface area contributed by atoms with Crippen LogP contribution in [0, 0.1) is 0 Å². The predicted octanol–water partition coefficient (Wildman–Crippen LogP) is 3.32. The molecule has 7 nitrogen and oxygen atoms in total. The second kappa shape index (κ2) is 11.4. The van der Waals surface area contributed by atoms with Crippen LogP contribution in [0.15, 0.2) is 53.4 Å². The molecule has 8 heteroatoms. The normalized spacial score (nSPS) is 16.5. The third-order valence-electron chi connectivity index (χ3n) is 5.27. The molecule has 1 atom stereocenters. The highest BCUT2D eigenvalue weighted by molar-refractivity contribution is 7.87. The SMILES string of the molecule is CCCOCCOc1ccc(-c2ccc(S(=O)C3(C(=O)NO)CCOCC3)cc2)cc1. The van der Waals surface area contributed by atoms with E-state index in [1.807, 2.05) is 36.4 Å². The van der Waals surface area contributed by atoms with Crippen molar-refractivity contribution in [1.82, 2.24) is 5.48 Å². The zero-order valence-electron chi connectivity index (χ0n) is 17.7. The number of ether oxygens (including phenoxy) is 3. The Morgan fingerprint density at radius 1 is 1.03 bits per heavy atom. The first-order valence-corrected chi connectivity index (χ1v) is 11.6. The lowest BCUT2D eigenvalue weighted by molar-refractivity contribution is -0.134. The van der Waals surface area contributed by atoms with Gasteiger partial charge in [0.05, 0.1) is 17.4 Å². The van der Waals surface area contributed by atoms with Gasteiger partial charge in [0.25, 0.3) is 5.91 Å². The van der Waals surface area contributed by atoms with Crippen molar-refractivity contribution in [2.45, 2.75) is 35.8 Å². The zero-order valence-corrected chi connectivity index (χ0v) is 18.5. The number of hydroxylamine groups is 1. The van der Waals surface area contributed by atoms with Crippen LogP contribution in [-0.2, 0) is 25.1 Å². The van der Waals surface area contributed by atoms with Crippen LogP contribution in [0.4, 0.5) is 0 Å². The summed E-state index contributed by atoms with van der Waals surface area (Å²) in [7, 11) is -1.62. The third kappa shape index (κ3) is 5.71. The first-order chi connectivity index (χ1) is 15.1. The molecule has 1 aliphatic rings. The molecule has 0 bridgehead atoms. The molecule has 0 aliphatic carbocycles. The maximum Gasteiger partial charge on any atom is 0.262 e. The van der Waals surface area contributed by atoms with Crippen LogP contribution in [-0.4, -0.2) is 53.1 Å². The monoisotopic (exact) mass is 447 g/mol. The topological polar surface area (TPSA) is 94.1 Å². The van der Waals surface area contributed by atoms with Crippen LogP contribution in [0.25, 0.3) is 11.1 Å². The summed E-state index contributed by atoms with van der Waals surface area (Å²) >= 11 is 0. The van der Waals surface area contributed by atoms with Crippen molar-refractivity contribution in [1.29, 1.82) is 0 Å². The highest BCUT2D eigenvalue weighted by Crippen LogP contribution is 2.33. The van der Waals surface area contributed by atoms with E-state index in [1.165, 1.54) is 0 Å². The molecule has 1 fully saturated rings. The summed E-state index contributed by atoms with van der Waals surface area (Å²) in [6.45, 7) is 4.54. The quantitative estimate of drug-likeness (QED) is 0.330. The van der Waals surface area contributed by atoms with Crippen LogP contribution in [0.3, 0.4) is 0 Å². The molecular formula is C23H29NO6S. The maximum absolute atomic E-state index is 13.2. The summed E-state index contributed by atoms with van der Waals surface area (Å²) in [6.07, 6.45) is 1.57. The summed E-state index contributed by atoms with van der Waals surface area (Å²) in [5, 5.41) is 9.16. The molecule has 1 saturated heterocycles. The van der Waals surface area contributed by atoms with Crippen LogP contribution in [0.5, 0.6) is 5.75 Å². The number of benzene rings is 2. The minimum absolute atomic E-state index is 0.290. The molecule has 168 valence electrons. The van der Waals surface area contributed by atoms with E-state index >= 15 is 0 Å². The van der Waals surface area contributed by atoms with Crippen molar-refractivity contribution in [3.63, 3.8) is 0 Å². The van der Waals surface area contributed by atoms with Crippen LogP contribution < -0.4 is 10.2 Å². The lowest BCUT2D eigenvalue weighted by atomic mass is 9.98. The van der Waals surface area contributed by atoms with Crippen molar-refractivity contribution >= 4 is 16.7 Å². The van der Waals surface area contributed by atoms with Gasteiger partial charge in [0.1, 0.15) is 17.1 Å². The number of hydrogen-bond acceptors (Lipinski definition) is 6. The standard InChI is InChI=1S/C23H29NO6S/c1-2-13-28-16-17-30-20-7-3-18(4-8-20)19-5-9-21(10-6-19)31(27)23(22(25)24-26)11-14-29-15-12-23/h3-10,26H,2,11-17H2,1H3,(H,24,25). The third-order valence-corrected chi connectivity index (χ3v) is 7.28. The van der Waals surface area contributed by atoms with Crippen molar-refractivity contribution < 1.29 is 28.4 Å². The van der Waals surface area contributed by atoms with E-state index in [1.54, 1.807) is 17.6 Å². The first kappa shape index (κ1) is 23.4. The largest absolute Gasteiger partial charge is 0.491 e. The van der Waals surface area contributed by atoms with Gasteiger partial charge in [-0.3, -0.25) is 14.2 Å². The van der Waals surface area contributed by atoms with Crippen molar-refractivity contribution in [3.05, 3.63) is 48.5 Å². The zero-order chi connectivity index (χ0) is 22.1. The second-order valence-corrected chi connectivity index (χ2v) is 9.12. The molecule has 2 aromatic rings. The molecule has 1 unspecified atom stereocenters. The number of nitrogens with one attached hydrogen (secondary N) is 1.